The summed E-state index contributed by atoms with van der Waals surface area (Å²) in [6.45, 7) is 1.34. The topological polar surface area (TPSA) is 98.5 Å². The Balaban J connectivity index is 1.93. The third-order valence-electron chi connectivity index (χ3n) is 3.72. The van der Waals surface area contributed by atoms with Crippen molar-refractivity contribution in [3.8, 4) is 0 Å². The number of nitrogens with two attached hydrogens (primary N) is 1. The van der Waals surface area contributed by atoms with Gasteiger partial charge >= 0.3 is 12.1 Å². The largest absolute Gasteiger partial charge is 0.449 e. The SMILES string of the molecule is C[C@H](OC(=O)/C=C\c1cccc(C(F)(F)F)c1)C(=O)Nc1ccc(C(N)=O)cc1. The molecule has 3 N–H and O–H groups in total. The molecule has 2 aromatic rings. The number of halogens is 3. The molecule has 0 aliphatic rings. The number of nitrogens with one attached hydrogen (secondary N) is 1. The van der Waals surface area contributed by atoms with Crippen LogP contribution in [0.1, 0.15) is 28.4 Å². The first kappa shape index (κ1) is 21.7. The van der Waals surface area contributed by atoms with Crippen LogP contribution < -0.4 is 11.1 Å². The van der Waals surface area contributed by atoms with Crippen LogP contribution in [-0.4, -0.2) is 23.9 Å². The molecule has 0 spiro atoms. The van der Waals surface area contributed by atoms with E-state index in [2.05, 4.69) is 5.32 Å². The lowest BCUT2D eigenvalue weighted by molar-refractivity contribution is -0.148. The lowest BCUT2D eigenvalue weighted by Crippen LogP contribution is -2.29. The molecular weight excluding hydrogens is 389 g/mol. The van der Waals surface area contributed by atoms with Gasteiger partial charge in [-0.25, -0.2) is 4.79 Å². The number of primary amides is 1. The number of hydrogen-bond acceptors (Lipinski definition) is 4. The quantitative estimate of drug-likeness (QED) is 0.568. The molecule has 0 bridgehead atoms. The maximum Gasteiger partial charge on any atom is 0.416 e. The van der Waals surface area contributed by atoms with Crippen molar-refractivity contribution in [3.63, 3.8) is 0 Å². The minimum atomic E-state index is -4.49. The zero-order valence-corrected chi connectivity index (χ0v) is 15.2. The molecule has 0 aliphatic heterocycles. The van der Waals surface area contributed by atoms with E-state index in [1.807, 2.05) is 0 Å². The number of carbonyl (C=O) groups excluding carboxylic acids is 3. The molecule has 0 unspecified atom stereocenters. The smallest absolute Gasteiger partial charge is 0.416 e. The van der Waals surface area contributed by atoms with E-state index in [1.165, 1.54) is 43.3 Å². The van der Waals surface area contributed by atoms with Gasteiger partial charge in [-0.1, -0.05) is 12.1 Å². The predicted octanol–water partition coefficient (Wildman–Crippen LogP) is 3.39. The van der Waals surface area contributed by atoms with Crippen LogP contribution in [0.2, 0.25) is 0 Å². The normalized spacial score (nSPS) is 12.4. The number of alkyl halides is 3. The minimum absolute atomic E-state index is 0.156. The lowest BCUT2D eigenvalue weighted by atomic mass is 10.1. The Bertz CT molecular complexity index is 937. The Morgan fingerprint density at radius 3 is 2.34 bits per heavy atom. The molecule has 0 aromatic heterocycles. The molecule has 0 saturated heterocycles. The second-order valence-corrected chi connectivity index (χ2v) is 5.97. The summed E-state index contributed by atoms with van der Waals surface area (Å²) in [6.07, 6.45) is -3.57. The summed E-state index contributed by atoms with van der Waals surface area (Å²) in [5.74, 6) is -2.13. The monoisotopic (exact) mass is 406 g/mol. The molecule has 0 aliphatic carbocycles. The van der Waals surface area contributed by atoms with Crippen molar-refractivity contribution in [3.05, 3.63) is 71.3 Å². The second kappa shape index (κ2) is 9.05. The van der Waals surface area contributed by atoms with E-state index in [4.69, 9.17) is 10.5 Å². The molecular formula is C20H17F3N2O4. The summed E-state index contributed by atoms with van der Waals surface area (Å²) < 4.78 is 43.0. The van der Waals surface area contributed by atoms with Crippen molar-refractivity contribution in [1.82, 2.24) is 0 Å². The first-order valence-electron chi connectivity index (χ1n) is 8.33. The highest BCUT2D eigenvalue weighted by atomic mass is 19.4. The Morgan fingerprint density at radius 1 is 1.10 bits per heavy atom. The van der Waals surface area contributed by atoms with Gasteiger partial charge < -0.3 is 15.8 Å². The molecule has 1 atom stereocenters. The average Bonchev–Trinajstić information content (AvgIpc) is 2.66. The van der Waals surface area contributed by atoms with E-state index in [1.54, 1.807) is 0 Å². The Kier molecular flexibility index (Phi) is 6.76. The van der Waals surface area contributed by atoms with Gasteiger partial charge in [0.1, 0.15) is 0 Å². The van der Waals surface area contributed by atoms with Gasteiger partial charge in [0.15, 0.2) is 6.10 Å². The van der Waals surface area contributed by atoms with E-state index in [-0.39, 0.29) is 11.1 Å². The fourth-order valence-electron chi connectivity index (χ4n) is 2.21. The highest BCUT2D eigenvalue weighted by Gasteiger charge is 2.30. The van der Waals surface area contributed by atoms with Crippen molar-refractivity contribution in [2.24, 2.45) is 5.73 Å². The van der Waals surface area contributed by atoms with Gasteiger partial charge in [-0.15, -0.1) is 0 Å². The first-order valence-corrected chi connectivity index (χ1v) is 8.33. The fourth-order valence-corrected chi connectivity index (χ4v) is 2.21. The van der Waals surface area contributed by atoms with Crippen LogP contribution in [-0.2, 0) is 20.5 Å². The van der Waals surface area contributed by atoms with Gasteiger partial charge in [0, 0.05) is 17.3 Å². The van der Waals surface area contributed by atoms with Gasteiger partial charge in [-0.2, -0.15) is 13.2 Å². The summed E-state index contributed by atoms with van der Waals surface area (Å²) in [7, 11) is 0. The van der Waals surface area contributed by atoms with E-state index < -0.39 is 35.6 Å². The fraction of sp³-hybridized carbons (Fsp3) is 0.150. The van der Waals surface area contributed by atoms with Crippen molar-refractivity contribution in [1.29, 1.82) is 0 Å². The van der Waals surface area contributed by atoms with Crippen LogP contribution >= 0.6 is 0 Å². The van der Waals surface area contributed by atoms with Crippen molar-refractivity contribution in [2.75, 3.05) is 5.32 Å². The predicted molar refractivity (Wildman–Crippen MR) is 99.6 cm³/mol. The molecule has 2 aromatic carbocycles. The molecule has 152 valence electrons. The van der Waals surface area contributed by atoms with Gasteiger partial charge in [-0.3, -0.25) is 9.59 Å². The first-order chi connectivity index (χ1) is 13.6. The average molecular weight is 406 g/mol. The summed E-state index contributed by atoms with van der Waals surface area (Å²) in [6, 6.07) is 10.2. The summed E-state index contributed by atoms with van der Waals surface area (Å²) >= 11 is 0. The number of carbonyl (C=O) groups is 3. The molecule has 2 amide bonds. The molecule has 0 saturated carbocycles. The van der Waals surface area contributed by atoms with Crippen molar-refractivity contribution >= 4 is 29.5 Å². The van der Waals surface area contributed by atoms with Crippen molar-refractivity contribution < 1.29 is 32.3 Å². The minimum Gasteiger partial charge on any atom is -0.449 e. The highest BCUT2D eigenvalue weighted by Crippen LogP contribution is 2.29. The molecule has 9 heteroatoms. The Hall–Kier alpha value is -3.62. The van der Waals surface area contributed by atoms with Crippen LogP contribution in [0.25, 0.3) is 6.08 Å². The van der Waals surface area contributed by atoms with Crippen LogP contribution in [0.4, 0.5) is 18.9 Å². The van der Waals surface area contributed by atoms with E-state index in [0.717, 1.165) is 24.3 Å². The van der Waals surface area contributed by atoms with E-state index in [0.29, 0.717) is 5.69 Å². The third-order valence-corrected chi connectivity index (χ3v) is 3.72. The van der Waals surface area contributed by atoms with E-state index in [9.17, 15) is 27.6 Å². The highest BCUT2D eigenvalue weighted by molar-refractivity contribution is 5.97. The Labute approximate surface area is 164 Å². The number of benzene rings is 2. The number of anilines is 1. The van der Waals surface area contributed by atoms with Crippen LogP contribution in [0.15, 0.2) is 54.6 Å². The molecule has 0 radical (unpaired) electrons. The number of hydrogen-bond donors (Lipinski definition) is 2. The zero-order chi connectivity index (χ0) is 21.6. The summed E-state index contributed by atoms with van der Waals surface area (Å²) in [4.78, 5) is 34.9. The third kappa shape index (κ3) is 6.49. The zero-order valence-electron chi connectivity index (χ0n) is 15.2. The van der Waals surface area contributed by atoms with Gasteiger partial charge in [-0.05, 0) is 55.0 Å². The second-order valence-electron chi connectivity index (χ2n) is 5.97. The van der Waals surface area contributed by atoms with Crippen molar-refractivity contribution in [2.45, 2.75) is 19.2 Å². The van der Waals surface area contributed by atoms with Gasteiger partial charge in [0.2, 0.25) is 5.91 Å². The maximum absolute atomic E-state index is 12.7. The number of esters is 1. The van der Waals surface area contributed by atoms with E-state index >= 15 is 0 Å². The van der Waals surface area contributed by atoms with Gasteiger partial charge in [0.25, 0.3) is 5.91 Å². The molecule has 2 rings (SSSR count). The molecule has 6 nitrogen and oxygen atoms in total. The molecule has 29 heavy (non-hydrogen) atoms. The summed E-state index contributed by atoms with van der Waals surface area (Å²) in [5.41, 5.74) is 5.06. The molecule has 0 fully saturated rings. The van der Waals surface area contributed by atoms with Gasteiger partial charge in [0.05, 0.1) is 5.56 Å². The standard InChI is InChI=1S/C20H17F3N2O4/c1-12(19(28)25-16-8-6-14(7-9-16)18(24)27)29-17(26)10-5-13-3-2-4-15(11-13)20(21,22)23/h2-12H,1H3,(H2,24,27)(H,25,28)/b10-5-/t12-/m0/s1. The van der Waals surface area contributed by atoms with Crippen LogP contribution in [0.3, 0.4) is 0 Å². The summed E-state index contributed by atoms with van der Waals surface area (Å²) in [5, 5.41) is 2.49. The van der Waals surface area contributed by atoms with Crippen LogP contribution in [0, 0.1) is 0 Å². The maximum atomic E-state index is 12.7. The Morgan fingerprint density at radius 2 is 1.76 bits per heavy atom. The number of ether oxygens (including phenoxy) is 1. The lowest BCUT2D eigenvalue weighted by Gasteiger charge is -2.12. The number of amides is 2. The van der Waals surface area contributed by atoms with Crippen LogP contribution in [0.5, 0.6) is 0 Å². The molecule has 0 heterocycles. The number of rotatable bonds is 6.